The summed E-state index contributed by atoms with van der Waals surface area (Å²) in [4.78, 5) is 2.78. The fourth-order valence-corrected chi connectivity index (χ4v) is 3.67. The van der Waals surface area contributed by atoms with Crippen LogP contribution in [0.15, 0.2) is 29.2 Å². The second-order valence-electron chi connectivity index (χ2n) is 5.41. The molecule has 0 radical (unpaired) electrons. The molecule has 1 aromatic rings. The standard InChI is InChI=1S/C15H24N2O2S/c1-3-20(18,19)15-8-6-14(7-9-15)17-10-4-5-13(12-17)11-16-2/h6-9,13,16H,3-5,10-12H2,1-2H3. The van der Waals surface area contributed by atoms with E-state index in [2.05, 4.69) is 10.2 Å². The molecule has 0 aliphatic carbocycles. The maximum absolute atomic E-state index is 11.8. The molecule has 0 saturated carbocycles. The molecule has 0 spiro atoms. The normalized spacial score (nSPS) is 20.1. The minimum Gasteiger partial charge on any atom is -0.371 e. The van der Waals surface area contributed by atoms with Crippen molar-refractivity contribution < 1.29 is 8.42 Å². The number of rotatable bonds is 5. The minimum absolute atomic E-state index is 0.153. The highest BCUT2D eigenvalue weighted by atomic mass is 32.2. The van der Waals surface area contributed by atoms with Gasteiger partial charge in [0.25, 0.3) is 0 Å². The zero-order valence-electron chi connectivity index (χ0n) is 12.3. The van der Waals surface area contributed by atoms with Gasteiger partial charge in [-0.25, -0.2) is 8.42 Å². The fourth-order valence-electron chi connectivity index (χ4n) is 2.79. The summed E-state index contributed by atoms with van der Waals surface area (Å²) < 4.78 is 23.6. The summed E-state index contributed by atoms with van der Waals surface area (Å²) in [5.74, 6) is 0.827. The first-order valence-corrected chi connectivity index (χ1v) is 8.94. The third-order valence-electron chi connectivity index (χ3n) is 3.95. The molecule has 1 fully saturated rings. The Morgan fingerprint density at radius 2 is 2.00 bits per heavy atom. The number of piperidine rings is 1. The number of hydrogen-bond donors (Lipinski definition) is 1. The number of benzene rings is 1. The smallest absolute Gasteiger partial charge is 0.178 e. The molecule has 1 heterocycles. The van der Waals surface area contributed by atoms with Crippen LogP contribution in [0, 0.1) is 5.92 Å². The van der Waals surface area contributed by atoms with E-state index in [1.54, 1.807) is 19.1 Å². The van der Waals surface area contributed by atoms with Crippen molar-refractivity contribution in [1.29, 1.82) is 0 Å². The molecular weight excluding hydrogens is 272 g/mol. The van der Waals surface area contributed by atoms with Gasteiger partial charge in [0, 0.05) is 18.8 Å². The molecule has 2 rings (SSSR count). The van der Waals surface area contributed by atoms with Gasteiger partial charge in [-0.05, 0) is 56.6 Å². The Morgan fingerprint density at radius 3 is 2.60 bits per heavy atom. The Bertz CT molecular complexity index is 523. The van der Waals surface area contributed by atoms with Crippen LogP contribution in [0.3, 0.4) is 0 Å². The summed E-state index contributed by atoms with van der Waals surface area (Å²) in [5.41, 5.74) is 1.13. The summed E-state index contributed by atoms with van der Waals surface area (Å²) in [7, 11) is -1.10. The number of hydrogen-bond acceptors (Lipinski definition) is 4. The van der Waals surface area contributed by atoms with E-state index in [1.165, 1.54) is 12.8 Å². The second-order valence-corrected chi connectivity index (χ2v) is 7.69. The summed E-state index contributed by atoms with van der Waals surface area (Å²) in [5, 5.41) is 3.24. The maximum Gasteiger partial charge on any atom is 0.178 e. The zero-order valence-corrected chi connectivity index (χ0v) is 13.1. The first kappa shape index (κ1) is 15.3. The largest absolute Gasteiger partial charge is 0.371 e. The minimum atomic E-state index is -3.09. The number of anilines is 1. The monoisotopic (exact) mass is 296 g/mol. The van der Waals surface area contributed by atoms with Crippen LogP contribution in [0.4, 0.5) is 5.69 Å². The Balaban J connectivity index is 2.10. The van der Waals surface area contributed by atoms with Crippen LogP contribution in [-0.2, 0) is 9.84 Å². The van der Waals surface area contributed by atoms with E-state index in [-0.39, 0.29) is 5.75 Å². The molecule has 1 aliphatic heterocycles. The molecule has 1 unspecified atom stereocenters. The molecule has 112 valence electrons. The van der Waals surface area contributed by atoms with E-state index in [0.717, 1.165) is 25.3 Å². The molecule has 1 aliphatic rings. The molecule has 20 heavy (non-hydrogen) atoms. The van der Waals surface area contributed by atoms with E-state index in [1.807, 2.05) is 19.2 Å². The Labute approximate surface area is 122 Å². The molecule has 1 saturated heterocycles. The fraction of sp³-hybridized carbons (Fsp3) is 0.600. The lowest BCUT2D eigenvalue weighted by Crippen LogP contribution is -2.39. The van der Waals surface area contributed by atoms with Crippen molar-refractivity contribution >= 4 is 15.5 Å². The lowest BCUT2D eigenvalue weighted by molar-refractivity contribution is 0.403. The van der Waals surface area contributed by atoms with E-state index in [9.17, 15) is 8.42 Å². The quantitative estimate of drug-likeness (QED) is 0.902. The van der Waals surface area contributed by atoms with E-state index < -0.39 is 9.84 Å². The van der Waals surface area contributed by atoms with Gasteiger partial charge < -0.3 is 10.2 Å². The average Bonchev–Trinajstić information content (AvgIpc) is 2.48. The van der Waals surface area contributed by atoms with Crippen molar-refractivity contribution in [3.05, 3.63) is 24.3 Å². The summed E-state index contributed by atoms with van der Waals surface area (Å²) in [6.45, 7) is 4.82. The van der Waals surface area contributed by atoms with Crippen molar-refractivity contribution in [2.45, 2.75) is 24.7 Å². The van der Waals surface area contributed by atoms with Gasteiger partial charge in [0.05, 0.1) is 10.6 Å². The average molecular weight is 296 g/mol. The lowest BCUT2D eigenvalue weighted by atomic mass is 9.97. The summed E-state index contributed by atoms with van der Waals surface area (Å²) in [6.07, 6.45) is 2.46. The number of nitrogens with one attached hydrogen (secondary N) is 1. The van der Waals surface area contributed by atoms with Crippen molar-refractivity contribution in [3.63, 3.8) is 0 Å². The molecule has 0 amide bonds. The van der Waals surface area contributed by atoms with Crippen LogP contribution in [-0.4, -0.2) is 40.9 Å². The van der Waals surface area contributed by atoms with Crippen LogP contribution < -0.4 is 10.2 Å². The first-order chi connectivity index (χ1) is 9.56. The van der Waals surface area contributed by atoms with Gasteiger partial charge in [0.1, 0.15) is 0 Å². The number of sulfone groups is 1. The Hall–Kier alpha value is -1.07. The van der Waals surface area contributed by atoms with E-state index >= 15 is 0 Å². The van der Waals surface area contributed by atoms with Gasteiger partial charge in [-0.15, -0.1) is 0 Å². The molecule has 1 N–H and O–H groups in total. The molecule has 0 bridgehead atoms. The highest BCUT2D eigenvalue weighted by molar-refractivity contribution is 7.91. The maximum atomic E-state index is 11.8. The molecule has 1 aromatic carbocycles. The van der Waals surface area contributed by atoms with Crippen molar-refractivity contribution in [2.75, 3.05) is 37.3 Å². The topological polar surface area (TPSA) is 49.4 Å². The van der Waals surface area contributed by atoms with Gasteiger partial charge >= 0.3 is 0 Å². The third kappa shape index (κ3) is 3.52. The second kappa shape index (κ2) is 6.59. The van der Waals surface area contributed by atoms with Crippen LogP contribution in [0.2, 0.25) is 0 Å². The predicted molar refractivity (Wildman–Crippen MR) is 83.0 cm³/mol. The zero-order chi connectivity index (χ0) is 14.6. The van der Waals surface area contributed by atoms with Crippen LogP contribution in [0.1, 0.15) is 19.8 Å². The van der Waals surface area contributed by atoms with Gasteiger partial charge in [0.2, 0.25) is 0 Å². The highest BCUT2D eigenvalue weighted by Gasteiger charge is 2.20. The third-order valence-corrected chi connectivity index (χ3v) is 5.70. The highest BCUT2D eigenvalue weighted by Crippen LogP contribution is 2.24. The molecule has 5 heteroatoms. The van der Waals surface area contributed by atoms with E-state index in [0.29, 0.717) is 10.8 Å². The van der Waals surface area contributed by atoms with Gasteiger partial charge in [-0.1, -0.05) is 6.92 Å². The molecule has 4 nitrogen and oxygen atoms in total. The van der Waals surface area contributed by atoms with Crippen molar-refractivity contribution in [2.24, 2.45) is 5.92 Å². The van der Waals surface area contributed by atoms with Crippen molar-refractivity contribution in [3.8, 4) is 0 Å². The number of nitrogens with zero attached hydrogens (tertiary/aromatic N) is 1. The summed E-state index contributed by atoms with van der Waals surface area (Å²) in [6, 6.07) is 7.33. The molecule has 0 aromatic heterocycles. The summed E-state index contributed by atoms with van der Waals surface area (Å²) >= 11 is 0. The van der Waals surface area contributed by atoms with Crippen molar-refractivity contribution in [1.82, 2.24) is 5.32 Å². The SMILES string of the molecule is CCS(=O)(=O)c1ccc(N2CCCC(CNC)C2)cc1. The van der Waals surface area contributed by atoms with Crippen LogP contribution in [0.5, 0.6) is 0 Å². The van der Waals surface area contributed by atoms with Gasteiger partial charge in [-0.2, -0.15) is 0 Å². The lowest BCUT2D eigenvalue weighted by Gasteiger charge is -2.34. The van der Waals surface area contributed by atoms with Gasteiger partial charge in [-0.3, -0.25) is 0 Å². The Kier molecular flexibility index (Phi) is 5.05. The Morgan fingerprint density at radius 1 is 1.30 bits per heavy atom. The first-order valence-electron chi connectivity index (χ1n) is 7.29. The molecular formula is C15H24N2O2S. The predicted octanol–water partition coefficient (Wildman–Crippen LogP) is 1.92. The van der Waals surface area contributed by atoms with Crippen LogP contribution in [0.25, 0.3) is 0 Å². The van der Waals surface area contributed by atoms with Crippen LogP contribution >= 0.6 is 0 Å². The van der Waals surface area contributed by atoms with E-state index in [4.69, 9.17) is 0 Å². The molecule has 1 atom stereocenters. The van der Waals surface area contributed by atoms with Gasteiger partial charge in [0.15, 0.2) is 9.84 Å².